The maximum absolute atomic E-state index is 13.1. The molecule has 0 aliphatic carbocycles. The molecule has 0 spiro atoms. The molecule has 32 heavy (non-hydrogen) atoms. The predicted octanol–water partition coefficient (Wildman–Crippen LogP) is 4.57. The molecule has 7 nitrogen and oxygen atoms in total. The monoisotopic (exact) mass is 565 g/mol. The molecule has 0 radical (unpaired) electrons. The highest BCUT2D eigenvalue weighted by atomic mass is 127. The number of benzene rings is 2. The molecule has 0 atom stereocenters. The average molecular weight is 565 g/mol. The molecule has 0 aromatic heterocycles. The molecule has 2 aromatic carbocycles. The number of primary amides is 1. The Morgan fingerprint density at radius 1 is 1.22 bits per heavy atom. The van der Waals surface area contributed by atoms with Crippen molar-refractivity contribution in [1.82, 2.24) is 4.90 Å². The van der Waals surface area contributed by atoms with Gasteiger partial charge < -0.3 is 15.2 Å². The fourth-order valence-electron chi connectivity index (χ4n) is 2.99. The van der Waals surface area contributed by atoms with Gasteiger partial charge in [0.1, 0.15) is 0 Å². The third kappa shape index (κ3) is 6.04. The molecule has 0 saturated carbocycles. The van der Waals surface area contributed by atoms with Crippen molar-refractivity contribution < 1.29 is 19.1 Å². The molecule has 2 amide bonds. The van der Waals surface area contributed by atoms with E-state index in [4.69, 9.17) is 15.2 Å². The van der Waals surface area contributed by atoms with Gasteiger partial charge in [-0.3, -0.25) is 14.5 Å². The molecule has 1 fully saturated rings. The van der Waals surface area contributed by atoms with Gasteiger partial charge >= 0.3 is 0 Å². The van der Waals surface area contributed by atoms with Gasteiger partial charge in [0.05, 0.1) is 20.8 Å². The first-order chi connectivity index (χ1) is 15.4. The number of para-hydroxylation sites is 1. The van der Waals surface area contributed by atoms with Crippen molar-refractivity contribution in [2.75, 3.05) is 19.8 Å². The van der Waals surface area contributed by atoms with E-state index in [-0.39, 0.29) is 12.5 Å². The summed E-state index contributed by atoms with van der Waals surface area (Å²) >= 11 is 3.47. The zero-order chi connectivity index (χ0) is 23.1. The smallest absolute Gasteiger partial charge is 0.266 e. The lowest BCUT2D eigenvalue weighted by molar-refractivity contribution is -0.122. The molecule has 0 unspecified atom stereocenters. The summed E-state index contributed by atoms with van der Waals surface area (Å²) in [7, 11) is 0. The van der Waals surface area contributed by atoms with E-state index >= 15 is 0 Å². The Kier molecular flexibility index (Phi) is 8.57. The highest BCUT2D eigenvalue weighted by Crippen LogP contribution is 2.38. The zero-order valence-electron chi connectivity index (χ0n) is 17.8. The summed E-state index contributed by atoms with van der Waals surface area (Å²) in [5.74, 6) is 0.307. The van der Waals surface area contributed by atoms with Crippen LogP contribution in [0.15, 0.2) is 52.4 Å². The first kappa shape index (κ1) is 24.1. The Morgan fingerprint density at radius 3 is 2.62 bits per heavy atom. The molecule has 2 N–H and O–H groups in total. The topological polar surface area (TPSA) is 94.2 Å². The molecule has 9 heteroatoms. The Hall–Kier alpha value is -2.53. The first-order valence-electron chi connectivity index (χ1n) is 10.2. The normalized spacial score (nSPS) is 16.1. The van der Waals surface area contributed by atoms with Crippen molar-refractivity contribution in [2.45, 2.75) is 20.3 Å². The largest absolute Gasteiger partial charge is 0.490 e. The van der Waals surface area contributed by atoms with E-state index in [1.165, 1.54) is 11.8 Å². The maximum Gasteiger partial charge on any atom is 0.266 e. The van der Waals surface area contributed by atoms with Crippen LogP contribution >= 0.6 is 34.4 Å². The van der Waals surface area contributed by atoms with E-state index in [1.807, 2.05) is 56.3 Å². The number of hydrogen-bond acceptors (Lipinski definition) is 6. The molecule has 1 saturated heterocycles. The van der Waals surface area contributed by atoms with Crippen molar-refractivity contribution in [2.24, 2.45) is 10.7 Å². The second-order valence-electron chi connectivity index (χ2n) is 6.82. The summed E-state index contributed by atoms with van der Waals surface area (Å²) in [4.78, 5) is 31.2. The molecule has 1 aliphatic heterocycles. The number of rotatable bonds is 9. The number of amidine groups is 1. The number of hydrogen-bond donors (Lipinski definition) is 1. The van der Waals surface area contributed by atoms with E-state index in [1.54, 1.807) is 11.0 Å². The molecule has 1 heterocycles. The Balaban J connectivity index is 1.95. The van der Waals surface area contributed by atoms with Gasteiger partial charge in [0.2, 0.25) is 0 Å². The van der Waals surface area contributed by atoms with Gasteiger partial charge in [-0.2, -0.15) is 0 Å². The number of nitrogens with zero attached hydrogens (tertiary/aromatic N) is 2. The zero-order valence-corrected chi connectivity index (χ0v) is 20.8. The first-order valence-corrected chi connectivity index (χ1v) is 12.0. The van der Waals surface area contributed by atoms with Crippen molar-refractivity contribution in [3.05, 3.63) is 56.5 Å². The minimum Gasteiger partial charge on any atom is -0.490 e. The molecule has 1 aliphatic rings. The van der Waals surface area contributed by atoms with Gasteiger partial charge in [-0.15, -0.1) is 0 Å². The minimum absolute atomic E-state index is 0.0754. The third-order valence-corrected chi connectivity index (χ3v) is 6.11. The molecule has 0 bridgehead atoms. The lowest BCUT2D eigenvalue weighted by atomic mass is 10.2. The fourth-order valence-corrected chi connectivity index (χ4v) is 4.80. The number of amides is 2. The van der Waals surface area contributed by atoms with E-state index < -0.39 is 5.91 Å². The van der Waals surface area contributed by atoms with E-state index in [9.17, 15) is 9.59 Å². The summed E-state index contributed by atoms with van der Waals surface area (Å²) in [5.41, 5.74) is 6.79. The van der Waals surface area contributed by atoms with Gasteiger partial charge in [-0.1, -0.05) is 25.1 Å². The maximum atomic E-state index is 13.1. The van der Waals surface area contributed by atoms with Crippen molar-refractivity contribution in [3.8, 4) is 11.5 Å². The van der Waals surface area contributed by atoms with E-state index in [0.717, 1.165) is 21.2 Å². The molecule has 168 valence electrons. The quantitative estimate of drug-likeness (QED) is 0.355. The standard InChI is InChI=1S/C23H24IN3O4S/c1-3-10-27-22(29)19(32-23(27)26-16-8-6-5-7-9-16)13-15-11-17(24)21(31-14-20(25)28)18(12-15)30-4-2/h5-9,11-13H,3-4,10,14H2,1-2H3,(H2,25,28)/b19-13+,26-23?. The van der Waals surface area contributed by atoms with Crippen molar-refractivity contribution >= 4 is 63.1 Å². The molecule has 3 rings (SSSR count). The van der Waals surface area contributed by atoms with Gasteiger partial charge in [0.25, 0.3) is 11.8 Å². The van der Waals surface area contributed by atoms with Crippen LogP contribution in [-0.4, -0.2) is 41.6 Å². The fraction of sp³-hybridized carbons (Fsp3) is 0.261. The van der Waals surface area contributed by atoms with Crippen LogP contribution in [0.4, 0.5) is 5.69 Å². The lowest BCUT2D eigenvalue weighted by Gasteiger charge is -2.14. The molecule has 2 aromatic rings. The third-order valence-electron chi connectivity index (χ3n) is 4.30. The van der Waals surface area contributed by atoms with E-state index in [0.29, 0.717) is 34.7 Å². The van der Waals surface area contributed by atoms with Crippen LogP contribution < -0.4 is 15.2 Å². The van der Waals surface area contributed by atoms with Crippen LogP contribution in [-0.2, 0) is 9.59 Å². The number of thioether (sulfide) groups is 1. The molecular weight excluding hydrogens is 541 g/mol. The SMILES string of the molecule is CCCN1C(=O)/C(=C\c2cc(I)c(OCC(N)=O)c(OCC)c2)SC1=Nc1ccccc1. The van der Waals surface area contributed by atoms with Crippen LogP contribution in [0.5, 0.6) is 11.5 Å². The highest BCUT2D eigenvalue weighted by Gasteiger charge is 2.32. The van der Waals surface area contributed by atoms with Crippen molar-refractivity contribution in [1.29, 1.82) is 0 Å². The number of carbonyl (C=O) groups excluding carboxylic acids is 2. The Labute approximate surface area is 205 Å². The lowest BCUT2D eigenvalue weighted by Crippen LogP contribution is -2.29. The van der Waals surface area contributed by atoms with Crippen LogP contribution in [0, 0.1) is 3.57 Å². The van der Waals surface area contributed by atoms with Gasteiger partial charge in [-0.25, -0.2) is 4.99 Å². The second-order valence-corrected chi connectivity index (χ2v) is 8.99. The van der Waals surface area contributed by atoms with Gasteiger partial charge in [-0.05, 0) is 83.6 Å². The van der Waals surface area contributed by atoms with Crippen molar-refractivity contribution in [3.63, 3.8) is 0 Å². The van der Waals surface area contributed by atoms with Crippen LogP contribution in [0.2, 0.25) is 0 Å². The second kappa shape index (κ2) is 11.4. The summed E-state index contributed by atoms with van der Waals surface area (Å²) in [5, 5.41) is 0.662. The number of halogens is 1. The number of carbonyl (C=O) groups is 2. The number of aliphatic imine (C=N–C) groups is 1. The number of nitrogens with two attached hydrogens (primary N) is 1. The van der Waals surface area contributed by atoms with Crippen LogP contribution in [0.3, 0.4) is 0 Å². The van der Waals surface area contributed by atoms with Gasteiger partial charge in [0, 0.05) is 6.54 Å². The summed E-state index contributed by atoms with van der Waals surface area (Å²) < 4.78 is 12.0. The van der Waals surface area contributed by atoms with Gasteiger partial charge in [0.15, 0.2) is 23.3 Å². The van der Waals surface area contributed by atoms with Crippen LogP contribution in [0.25, 0.3) is 6.08 Å². The Morgan fingerprint density at radius 2 is 1.97 bits per heavy atom. The predicted molar refractivity (Wildman–Crippen MR) is 136 cm³/mol. The summed E-state index contributed by atoms with van der Waals surface area (Å²) in [6.07, 6.45) is 2.65. The average Bonchev–Trinajstić information content (AvgIpc) is 3.03. The highest BCUT2D eigenvalue weighted by molar-refractivity contribution is 14.1. The summed E-state index contributed by atoms with van der Waals surface area (Å²) in [6.45, 7) is 4.67. The minimum atomic E-state index is -0.566. The van der Waals surface area contributed by atoms with Crippen LogP contribution in [0.1, 0.15) is 25.8 Å². The van der Waals surface area contributed by atoms with E-state index in [2.05, 4.69) is 27.6 Å². The number of ether oxygens (including phenoxy) is 2. The Bertz CT molecular complexity index is 1060. The summed E-state index contributed by atoms with van der Waals surface area (Å²) in [6, 6.07) is 13.2. The molecular formula is C23H24IN3O4S.